The predicted molar refractivity (Wildman–Crippen MR) is 94.6 cm³/mol. The molecule has 1 fully saturated rings. The van der Waals surface area contributed by atoms with Gasteiger partial charge in [-0.25, -0.2) is 0 Å². The molecule has 25 heavy (non-hydrogen) atoms. The average Bonchev–Trinajstić information content (AvgIpc) is 2.60. The van der Waals surface area contributed by atoms with Crippen LogP contribution in [0.1, 0.15) is 31.2 Å². The highest BCUT2D eigenvalue weighted by molar-refractivity contribution is 5.78. The molecular formula is C18H28N4O3. The Balaban J connectivity index is 1.85. The van der Waals surface area contributed by atoms with E-state index in [9.17, 15) is 14.7 Å². The molecule has 2 amide bonds. The number of amides is 2. The van der Waals surface area contributed by atoms with E-state index in [0.717, 1.165) is 12.0 Å². The lowest BCUT2D eigenvalue weighted by atomic mass is 9.88. The normalized spacial score (nSPS) is 20.6. The summed E-state index contributed by atoms with van der Waals surface area (Å²) in [6.07, 6.45) is 5.54. The summed E-state index contributed by atoms with van der Waals surface area (Å²) in [6, 6.07) is 3.86. The largest absolute Gasteiger partial charge is 0.388 e. The Hall–Kier alpha value is -1.99. The molecule has 1 aliphatic heterocycles. The first kappa shape index (κ1) is 19.3. The molecule has 138 valence electrons. The second-order valence-corrected chi connectivity index (χ2v) is 6.85. The predicted octanol–water partition coefficient (Wildman–Crippen LogP) is 0.393. The summed E-state index contributed by atoms with van der Waals surface area (Å²) in [7, 11) is 3.48. The summed E-state index contributed by atoms with van der Waals surface area (Å²) < 4.78 is 0. The quantitative estimate of drug-likeness (QED) is 0.745. The van der Waals surface area contributed by atoms with Gasteiger partial charge in [0.1, 0.15) is 0 Å². The maximum atomic E-state index is 12.6. The molecule has 0 bridgehead atoms. The van der Waals surface area contributed by atoms with Crippen molar-refractivity contribution in [1.82, 2.24) is 20.1 Å². The van der Waals surface area contributed by atoms with Crippen molar-refractivity contribution in [2.45, 2.75) is 37.8 Å². The molecule has 0 radical (unpaired) electrons. The molecular weight excluding hydrogens is 320 g/mol. The van der Waals surface area contributed by atoms with Crippen LogP contribution < -0.4 is 5.32 Å². The molecule has 1 atom stereocenters. The van der Waals surface area contributed by atoms with Crippen LogP contribution in [-0.2, 0) is 16.1 Å². The fraction of sp³-hybridized carbons (Fsp3) is 0.611. The topological polar surface area (TPSA) is 85.8 Å². The summed E-state index contributed by atoms with van der Waals surface area (Å²) in [5, 5.41) is 13.3. The molecule has 2 rings (SSSR count). The number of hydrogen-bond donors (Lipinski definition) is 2. The van der Waals surface area contributed by atoms with Crippen LogP contribution in [0.4, 0.5) is 0 Å². The molecule has 1 saturated heterocycles. The van der Waals surface area contributed by atoms with E-state index in [0.29, 0.717) is 39.0 Å². The van der Waals surface area contributed by atoms with Crippen LogP contribution in [0.25, 0.3) is 0 Å². The van der Waals surface area contributed by atoms with Crippen molar-refractivity contribution >= 4 is 11.8 Å². The third kappa shape index (κ3) is 6.10. The highest BCUT2D eigenvalue weighted by Crippen LogP contribution is 2.26. The minimum Gasteiger partial charge on any atom is -0.388 e. The second-order valence-electron chi connectivity index (χ2n) is 6.85. The molecule has 1 aliphatic rings. The standard InChI is InChI=1S/C18H28N4O3/c1-19-16(23)6-8-18(25)7-4-10-22(14-18)17(24)13-21(2)12-15-5-3-9-20-11-15/h3,5,9,11,25H,4,6-8,10,12-14H2,1-2H3,(H,19,23)/t18-/m0/s1. The van der Waals surface area contributed by atoms with Crippen LogP contribution in [0.5, 0.6) is 0 Å². The lowest BCUT2D eigenvalue weighted by molar-refractivity contribution is -0.140. The number of β-amino-alcohol motifs (C(OH)–C–C–N with tert-alkyl or cyclic N) is 1. The first-order valence-corrected chi connectivity index (χ1v) is 8.70. The van der Waals surface area contributed by atoms with Gasteiger partial charge in [-0.1, -0.05) is 6.07 Å². The number of piperidine rings is 1. The Morgan fingerprint density at radius 1 is 1.48 bits per heavy atom. The molecule has 0 aliphatic carbocycles. The number of rotatable bonds is 7. The molecule has 0 unspecified atom stereocenters. The van der Waals surface area contributed by atoms with Crippen LogP contribution in [0.3, 0.4) is 0 Å². The monoisotopic (exact) mass is 348 g/mol. The molecule has 7 heteroatoms. The van der Waals surface area contributed by atoms with Gasteiger partial charge in [0.05, 0.1) is 12.1 Å². The summed E-state index contributed by atoms with van der Waals surface area (Å²) in [6.45, 7) is 1.89. The Morgan fingerprint density at radius 2 is 2.28 bits per heavy atom. The van der Waals surface area contributed by atoms with Gasteiger partial charge in [-0.2, -0.15) is 0 Å². The molecule has 2 heterocycles. The zero-order chi connectivity index (χ0) is 18.3. The van der Waals surface area contributed by atoms with Crippen LogP contribution in [0, 0.1) is 0 Å². The molecule has 7 nitrogen and oxygen atoms in total. The van der Waals surface area contributed by atoms with Crippen molar-refractivity contribution in [3.05, 3.63) is 30.1 Å². The van der Waals surface area contributed by atoms with Gasteiger partial charge in [0.15, 0.2) is 0 Å². The van der Waals surface area contributed by atoms with E-state index in [4.69, 9.17) is 0 Å². The third-order valence-corrected chi connectivity index (χ3v) is 4.58. The summed E-state index contributed by atoms with van der Waals surface area (Å²) >= 11 is 0. The van der Waals surface area contributed by atoms with E-state index in [1.807, 2.05) is 24.1 Å². The highest BCUT2D eigenvalue weighted by Gasteiger charge is 2.35. The van der Waals surface area contributed by atoms with Crippen molar-refractivity contribution in [2.24, 2.45) is 0 Å². The number of pyridine rings is 1. The number of aromatic nitrogens is 1. The molecule has 0 spiro atoms. The van der Waals surface area contributed by atoms with E-state index < -0.39 is 5.60 Å². The van der Waals surface area contributed by atoms with Crippen molar-refractivity contribution < 1.29 is 14.7 Å². The zero-order valence-corrected chi connectivity index (χ0v) is 15.1. The van der Waals surface area contributed by atoms with E-state index in [1.54, 1.807) is 24.3 Å². The SMILES string of the molecule is CNC(=O)CC[C@@]1(O)CCCN(C(=O)CN(C)Cc2cccnc2)C1. The smallest absolute Gasteiger partial charge is 0.236 e. The average molecular weight is 348 g/mol. The maximum Gasteiger partial charge on any atom is 0.236 e. The molecule has 0 aromatic carbocycles. The second kappa shape index (κ2) is 8.92. The number of likely N-dealkylation sites (N-methyl/N-ethyl adjacent to an activating group) is 1. The summed E-state index contributed by atoms with van der Waals surface area (Å²) in [5.74, 6) is -0.0856. The Labute approximate surface area is 149 Å². The van der Waals surface area contributed by atoms with Crippen LogP contribution >= 0.6 is 0 Å². The van der Waals surface area contributed by atoms with Gasteiger partial charge in [-0.15, -0.1) is 0 Å². The fourth-order valence-corrected chi connectivity index (χ4v) is 3.19. The Bertz CT molecular complexity index is 581. The number of likely N-dealkylation sites (tertiary alicyclic amines) is 1. The van der Waals surface area contributed by atoms with E-state index in [-0.39, 0.29) is 18.2 Å². The number of nitrogens with zero attached hydrogens (tertiary/aromatic N) is 3. The van der Waals surface area contributed by atoms with E-state index in [1.165, 1.54) is 0 Å². The van der Waals surface area contributed by atoms with E-state index >= 15 is 0 Å². The number of nitrogens with one attached hydrogen (secondary N) is 1. The van der Waals surface area contributed by atoms with Gasteiger partial charge in [0.2, 0.25) is 11.8 Å². The van der Waals surface area contributed by atoms with Crippen molar-refractivity contribution in [3.63, 3.8) is 0 Å². The zero-order valence-electron chi connectivity index (χ0n) is 15.1. The number of carbonyl (C=O) groups excluding carboxylic acids is 2. The lowest BCUT2D eigenvalue weighted by Gasteiger charge is -2.39. The fourth-order valence-electron chi connectivity index (χ4n) is 3.19. The summed E-state index contributed by atoms with van der Waals surface area (Å²) in [4.78, 5) is 31.7. The van der Waals surface area contributed by atoms with Gasteiger partial charge in [-0.05, 0) is 37.9 Å². The van der Waals surface area contributed by atoms with E-state index in [2.05, 4.69) is 10.3 Å². The van der Waals surface area contributed by atoms with Crippen LogP contribution in [0.15, 0.2) is 24.5 Å². The first-order chi connectivity index (χ1) is 11.9. The number of carbonyl (C=O) groups is 2. The summed E-state index contributed by atoms with van der Waals surface area (Å²) in [5.41, 5.74) is 0.0843. The van der Waals surface area contributed by atoms with Crippen molar-refractivity contribution in [2.75, 3.05) is 33.7 Å². The van der Waals surface area contributed by atoms with Crippen molar-refractivity contribution in [1.29, 1.82) is 0 Å². The van der Waals surface area contributed by atoms with Crippen molar-refractivity contribution in [3.8, 4) is 0 Å². The minimum atomic E-state index is -0.970. The Kier molecular flexibility index (Phi) is 6.90. The van der Waals surface area contributed by atoms with Gasteiger partial charge in [0.25, 0.3) is 0 Å². The minimum absolute atomic E-state index is 0.00413. The molecule has 2 N–H and O–H groups in total. The third-order valence-electron chi connectivity index (χ3n) is 4.58. The van der Waals surface area contributed by atoms with Crippen LogP contribution in [-0.4, -0.2) is 71.0 Å². The highest BCUT2D eigenvalue weighted by atomic mass is 16.3. The Morgan fingerprint density at radius 3 is 2.96 bits per heavy atom. The van der Waals surface area contributed by atoms with Crippen LogP contribution in [0.2, 0.25) is 0 Å². The maximum absolute atomic E-state index is 12.6. The lowest BCUT2D eigenvalue weighted by Crippen LogP contribution is -2.52. The number of aliphatic hydroxyl groups is 1. The first-order valence-electron chi connectivity index (χ1n) is 8.70. The molecule has 0 saturated carbocycles. The van der Waals surface area contributed by atoms with Gasteiger partial charge >= 0.3 is 0 Å². The van der Waals surface area contributed by atoms with Gasteiger partial charge in [-0.3, -0.25) is 19.5 Å². The van der Waals surface area contributed by atoms with Gasteiger partial charge < -0.3 is 15.3 Å². The molecule has 1 aromatic rings. The molecule has 1 aromatic heterocycles. The number of hydrogen-bond acceptors (Lipinski definition) is 5. The van der Waals surface area contributed by atoms with Gasteiger partial charge in [0, 0.05) is 45.5 Å².